The maximum atomic E-state index is 5.70. The quantitative estimate of drug-likeness (QED) is 0.647. The third-order valence-electron chi connectivity index (χ3n) is 3.30. The molecule has 0 aliphatic rings. The summed E-state index contributed by atoms with van der Waals surface area (Å²) >= 11 is 1.49. The topological polar surface area (TPSA) is 51.8 Å². The number of aromatic nitrogens is 3. The van der Waals surface area contributed by atoms with Crippen LogP contribution >= 0.6 is 11.8 Å². The molecule has 3 aromatic rings. The molecule has 3 rings (SSSR count). The van der Waals surface area contributed by atoms with E-state index in [0.717, 1.165) is 17.0 Å². The summed E-state index contributed by atoms with van der Waals surface area (Å²) in [6, 6.07) is 14.1. The zero-order valence-electron chi connectivity index (χ0n) is 12.6. The fraction of sp³-hybridized carbons (Fsp3) is 0.235. The molecule has 2 heterocycles. The van der Waals surface area contributed by atoms with Gasteiger partial charge < -0.3 is 4.42 Å². The average molecular weight is 311 g/mol. The van der Waals surface area contributed by atoms with Crippen molar-refractivity contribution in [3.05, 3.63) is 59.9 Å². The van der Waals surface area contributed by atoms with Crippen LogP contribution in [0.2, 0.25) is 0 Å². The van der Waals surface area contributed by atoms with E-state index in [2.05, 4.69) is 41.2 Å². The van der Waals surface area contributed by atoms with E-state index in [9.17, 15) is 0 Å². The zero-order valence-corrected chi connectivity index (χ0v) is 13.4. The largest absolute Gasteiger partial charge is 0.411 e. The highest BCUT2D eigenvalue weighted by Crippen LogP contribution is 2.26. The Kier molecular flexibility index (Phi) is 4.53. The summed E-state index contributed by atoms with van der Waals surface area (Å²) in [6.45, 7) is 4.35. The van der Waals surface area contributed by atoms with Crippen molar-refractivity contribution in [2.45, 2.75) is 30.7 Å². The first-order chi connectivity index (χ1) is 10.7. The summed E-state index contributed by atoms with van der Waals surface area (Å²) in [5.74, 6) is 1.79. The molecule has 4 nitrogen and oxygen atoms in total. The first-order valence-corrected chi connectivity index (χ1v) is 8.17. The lowest BCUT2D eigenvalue weighted by Crippen LogP contribution is -1.86. The molecule has 5 heteroatoms. The number of rotatable bonds is 5. The van der Waals surface area contributed by atoms with Crippen LogP contribution in [0.1, 0.15) is 31.0 Å². The van der Waals surface area contributed by atoms with Crippen molar-refractivity contribution in [2.75, 3.05) is 0 Å². The Hall–Kier alpha value is -2.14. The predicted molar refractivity (Wildman–Crippen MR) is 87.6 cm³/mol. The van der Waals surface area contributed by atoms with Gasteiger partial charge in [0.05, 0.1) is 5.69 Å². The van der Waals surface area contributed by atoms with Gasteiger partial charge in [0.1, 0.15) is 0 Å². The summed E-state index contributed by atoms with van der Waals surface area (Å²) in [5, 5.41) is 8.76. The highest BCUT2D eigenvalue weighted by molar-refractivity contribution is 7.98. The third kappa shape index (κ3) is 3.54. The molecule has 112 valence electrons. The van der Waals surface area contributed by atoms with Gasteiger partial charge in [0.25, 0.3) is 5.22 Å². The molecule has 0 spiro atoms. The fourth-order valence-corrected chi connectivity index (χ4v) is 2.69. The SMILES string of the molecule is CC(C)c1ccc(-c2nnc(SCc3ccccn3)o2)cc1. The first kappa shape index (κ1) is 14.8. The van der Waals surface area contributed by atoms with E-state index >= 15 is 0 Å². The van der Waals surface area contributed by atoms with Gasteiger partial charge >= 0.3 is 0 Å². The molecule has 0 fully saturated rings. The van der Waals surface area contributed by atoms with E-state index in [1.165, 1.54) is 17.3 Å². The molecule has 0 saturated carbocycles. The number of thioether (sulfide) groups is 1. The number of hydrogen-bond donors (Lipinski definition) is 0. The molecule has 0 unspecified atom stereocenters. The van der Waals surface area contributed by atoms with Crippen LogP contribution in [-0.2, 0) is 5.75 Å². The van der Waals surface area contributed by atoms with Crippen molar-refractivity contribution in [1.82, 2.24) is 15.2 Å². The number of benzene rings is 1. The van der Waals surface area contributed by atoms with Gasteiger partial charge in [-0.15, -0.1) is 10.2 Å². The van der Waals surface area contributed by atoms with Gasteiger partial charge in [-0.25, -0.2) is 0 Å². The van der Waals surface area contributed by atoms with Crippen molar-refractivity contribution in [3.8, 4) is 11.5 Å². The lowest BCUT2D eigenvalue weighted by atomic mass is 10.0. The minimum absolute atomic E-state index is 0.515. The van der Waals surface area contributed by atoms with Crippen molar-refractivity contribution >= 4 is 11.8 Å². The highest BCUT2D eigenvalue weighted by Gasteiger charge is 2.10. The Morgan fingerprint density at radius 3 is 2.55 bits per heavy atom. The molecular formula is C17H17N3OS. The summed E-state index contributed by atoms with van der Waals surface area (Å²) in [7, 11) is 0. The standard InChI is InChI=1S/C17H17N3OS/c1-12(2)13-6-8-14(9-7-13)16-19-20-17(21-16)22-11-15-5-3-4-10-18-15/h3-10,12H,11H2,1-2H3. The van der Waals surface area contributed by atoms with Gasteiger partial charge in [-0.2, -0.15) is 0 Å². The summed E-state index contributed by atoms with van der Waals surface area (Å²) in [4.78, 5) is 4.27. The van der Waals surface area contributed by atoms with E-state index in [0.29, 0.717) is 17.0 Å². The van der Waals surface area contributed by atoms with Gasteiger partial charge in [0.2, 0.25) is 5.89 Å². The number of hydrogen-bond acceptors (Lipinski definition) is 5. The molecule has 0 radical (unpaired) electrons. The smallest absolute Gasteiger partial charge is 0.277 e. The van der Waals surface area contributed by atoms with Crippen molar-refractivity contribution in [2.24, 2.45) is 0 Å². The van der Waals surface area contributed by atoms with Gasteiger partial charge in [-0.05, 0) is 35.7 Å². The highest BCUT2D eigenvalue weighted by atomic mass is 32.2. The van der Waals surface area contributed by atoms with Crippen LogP contribution in [0.3, 0.4) is 0 Å². The van der Waals surface area contributed by atoms with Crippen molar-refractivity contribution < 1.29 is 4.42 Å². The molecular weight excluding hydrogens is 294 g/mol. The normalized spacial score (nSPS) is 11.0. The maximum absolute atomic E-state index is 5.70. The van der Waals surface area contributed by atoms with Gasteiger partial charge in [0, 0.05) is 17.5 Å². The second-order valence-corrected chi connectivity index (χ2v) is 6.19. The van der Waals surface area contributed by atoms with Crippen LogP contribution in [0, 0.1) is 0 Å². The lowest BCUT2D eigenvalue weighted by molar-refractivity contribution is 0.466. The Bertz CT molecular complexity index is 723. The van der Waals surface area contributed by atoms with Crippen LogP contribution < -0.4 is 0 Å². The molecule has 0 saturated heterocycles. The Morgan fingerprint density at radius 2 is 1.86 bits per heavy atom. The molecule has 0 atom stereocenters. The van der Waals surface area contributed by atoms with E-state index in [4.69, 9.17) is 4.42 Å². The van der Waals surface area contributed by atoms with Crippen molar-refractivity contribution in [3.63, 3.8) is 0 Å². The van der Waals surface area contributed by atoms with Crippen LogP contribution in [0.4, 0.5) is 0 Å². The molecule has 2 aromatic heterocycles. The molecule has 22 heavy (non-hydrogen) atoms. The van der Waals surface area contributed by atoms with E-state index in [1.807, 2.05) is 30.3 Å². The molecule has 1 aromatic carbocycles. The Labute approximate surface area is 134 Å². The molecule has 0 aliphatic carbocycles. The maximum Gasteiger partial charge on any atom is 0.277 e. The van der Waals surface area contributed by atoms with Crippen LogP contribution in [0.5, 0.6) is 0 Å². The molecule has 0 aliphatic heterocycles. The van der Waals surface area contributed by atoms with Crippen LogP contribution in [-0.4, -0.2) is 15.2 Å². The monoisotopic (exact) mass is 311 g/mol. The first-order valence-electron chi connectivity index (χ1n) is 7.19. The minimum Gasteiger partial charge on any atom is -0.411 e. The van der Waals surface area contributed by atoms with E-state index in [-0.39, 0.29) is 0 Å². The molecule has 0 amide bonds. The van der Waals surface area contributed by atoms with Gasteiger partial charge in [0.15, 0.2) is 0 Å². The Morgan fingerprint density at radius 1 is 1.05 bits per heavy atom. The third-order valence-corrected chi connectivity index (χ3v) is 4.15. The average Bonchev–Trinajstić information content (AvgIpc) is 3.03. The van der Waals surface area contributed by atoms with Crippen LogP contribution in [0.15, 0.2) is 58.3 Å². The lowest BCUT2D eigenvalue weighted by Gasteiger charge is -2.04. The predicted octanol–water partition coefficient (Wildman–Crippen LogP) is 4.55. The summed E-state index contributed by atoms with van der Waals surface area (Å²) in [5.41, 5.74) is 3.24. The number of nitrogens with zero attached hydrogens (tertiary/aromatic N) is 3. The molecule has 0 N–H and O–H groups in total. The summed E-state index contributed by atoms with van der Waals surface area (Å²) in [6.07, 6.45) is 1.78. The number of pyridine rings is 1. The fourth-order valence-electron chi connectivity index (χ4n) is 2.01. The van der Waals surface area contributed by atoms with Gasteiger partial charge in [-0.3, -0.25) is 4.98 Å². The second kappa shape index (κ2) is 6.75. The van der Waals surface area contributed by atoms with E-state index < -0.39 is 0 Å². The second-order valence-electron chi connectivity index (χ2n) is 5.26. The summed E-state index contributed by atoms with van der Waals surface area (Å²) < 4.78 is 5.70. The van der Waals surface area contributed by atoms with Crippen LogP contribution in [0.25, 0.3) is 11.5 Å². The van der Waals surface area contributed by atoms with E-state index in [1.54, 1.807) is 6.20 Å². The van der Waals surface area contributed by atoms with Crippen molar-refractivity contribution in [1.29, 1.82) is 0 Å². The Balaban J connectivity index is 1.68. The molecule has 0 bridgehead atoms. The minimum atomic E-state index is 0.515. The zero-order chi connectivity index (χ0) is 15.4. The van der Waals surface area contributed by atoms with Gasteiger partial charge in [-0.1, -0.05) is 43.8 Å².